The van der Waals surface area contributed by atoms with Crippen molar-refractivity contribution >= 4 is 0 Å². The second-order valence-electron chi connectivity index (χ2n) is 5.99. The molecule has 1 unspecified atom stereocenters. The third-order valence-electron chi connectivity index (χ3n) is 4.46. The lowest BCUT2D eigenvalue weighted by atomic mass is 9.64. The molecule has 0 saturated heterocycles. The molecule has 0 spiro atoms. The van der Waals surface area contributed by atoms with Gasteiger partial charge in [0.1, 0.15) is 0 Å². The SMILES string of the molecule is CCCC1CCC(CN)(C(O)C(C)C)CC1. The summed E-state index contributed by atoms with van der Waals surface area (Å²) in [7, 11) is 0. The van der Waals surface area contributed by atoms with E-state index in [-0.39, 0.29) is 11.5 Å². The standard InChI is InChI=1S/C14H29NO/c1-4-5-12-6-8-14(10-15,9-7-12)13(16)11(2)3/h11-13,16H,4-10,15H2,1-3H3. The molecule has 0 heterocycles. The number of rotatable bonds is 5. The van der Waals surface area contributed by atoms with Gasteiger partial charge in [0.05, 0.1) is 6.10 Å². The van der Waals surface area contributed by atoms with Crippen molar-refractivity contribution in [2.45, 2.75) is 65.4 Å². The fraction of sp³-hybridized carbons (Fsp3) is 1.00. The van der Waals surface area contributed by atoms with Gasteiger partial charge in [0.15, 0.2) is 0 Å². The van der Waals surface area contributed by atoms with Gasteiger partial charge in [-0.05, 0) is 37.5 Å². The van der Waals surface area contributed by atoms with Crippen LogP contribution < -0.4 is 5.73 Å². The Kier molecular flexibility index (Phi) is 5.26. The lowest BCUT2D eigenvalue weighted by Gasteiger charge is -2.44. The molecule has 0 bridgehead atoms. The van der Waals surface area contributed by atoms with E-state index in [1.54, 1.807) is 0 Å². The van der Waals surface area contributed by atoms with Crippen LogP contribution in [0.25, 0.3) is 0 Å². The summed E-state index contributed by atoms with van der Waals surface area (Å²) >= 11 is 0. The summed E-state index contributed by atoms with van der Waals surface area (Å²) in [5, 5.41) is 10.3. The summed E-state index contributed by atoms with van der Waals surface area (Å²) in [5.41, 5.74) is 5.95. The van der Waals surface area contributed by atoms with Crippen LogP contribution in [0.1, 0.15) is 59.3 Å². The Morgan fingerprint density at radius 3 is 2.25 bits per heavy atom. The van der Waals surface area contributed by atoms with Crippen LogP contribution in [0.15, 0.2) is 0 Å². The zero-order chi connectivity index (χ0) is 12.2. The molecular formula is C14H29NO. The molecule has 96 valence electrons. The first-order chi connectivity index (χ1) is 7.55. The molecule has 0 aromatic heterocycles. The van der Waals surface area contributed by atoms with E-state index in [9.17, 15) is 5.11 Å². The quantitative estimate of drug-likeness (QED) is 0.758. The predicted molar refractivity (Wildman–Crippen MR) is 69.2 cm³/mol. The smallest absolute Gasteiger partial charge is 0.0631 e. The number of aliphatic hydroxyl groups is 1. The third kappa shape index (κ3) is 2.98. The average molecular weight is 227 g/mol. The fourth-order valence-corrected chi connectivity index (χ4v) is 3.28. The molecule has 0 aliphatic heterocycles. The van der Waals surface area contributed by atoms with Gasteiger partial charge in [0, 0.05) is 12.0 Å². The molecule has 1 aliphatic rings. The zero-order valence-corrected chi connectivity index (χ0v) is 11.2. The highest BCUT2D eigenvalue weighted by Gasteiger charge is 2.41. The molecule has 2 nitrogen and oxygen atoms in total. The van der Waals surface area contributed by atoms with Crippen molar-refractivity contribution < 1.29 is 5.11 Å². The summed E-state index contributed by atoms with van der Waals surface area (Å²) in [6, 6.07) is 0. The van der Waals surface area contributed by atoms with E-state index in [1.165, 1.54) is 25.7 Å². The first kappa shape index (κ1) is 14.0. The molecule has 1 saturated carbocycles. The van der Waals surface area contributed by atoms with Crippen LogP contribution in [0.5, 0.6) is 0 Å². The van der Waals surface area contributed by atoms with E-state index in [0.717, 1.165) is 18.8 Å². The van der Waals surface area contributed by atoms with Crippen molar-refractivity contribution in [3.8, 4) is 0 Å². The minimum absolute atomic E-state index is 0.0123. The van der Waals surface area contributed by atoms with E-state index < -0.39 is 0 Å². The molecule has 2 heteroatoms. The minimum Gasteiger partial charge on any atom is -0.392 e. The number of hydrogen-bond donors (Lipinski definition) is 2. The zero-order valence-electron chi connectivity index (χ0n) is 11.2. The summed E-state index contributed by atoms with van der Waals surface area (Å²) in [6.07, 6.45) is 7.16. The van der Waals surface area contributed by atoms with Crippen LogP contribution in [0.4, 0.5) is 0 Å². The maximum absolute atomic E-state index is 10.3. The Bertz CT molecular complexity index is 195. The van der Waals surface area contributed by atoms with E-state index in [4.69, 9.17) is 5.73 Å². The van der Waals surface area contributed by atoms with Crippen molar-refractivity contribution in [3.63, 3.8) is 0 Å². The largest absolute Gasteiger partial charge is 0.392 e. The first-order valence-electron chi connectivity index (χ1n) is 6.94. The highest BCUT2D eigenvalue weighted by atomic mass is 16.3. The maximum atomic E-state index is 10.3. The third-order valence-corrected chi connectivity index (χ3v) is 4.46. The summed E-state index contributed by atoms with van der Waals surface area (Å²) in [6.45, 7) is 7.10. The molecule has 1 fully saturated rings. The van der Waals surface area contributed by atoms with Gasteiger partial charge in [-0.2, -0.15) is 0 Å². The number of nitrogens with two attached hydrogens (primary N) is 1. The van der Waals surface area contributed by atoms with Gasteiger partial charge < -0.3 is 10.8 Å². The molecule has 16 heavy (non-hydrogen) atoms. The van der Waals surface area contributed by atoms with Crippen molar-refractivity contribution in [3.05, 3.63) is 0 Å². The van der Waals surface area contributed by atoms with Crippen molar-refractivity contribution in [2.24, 2.45) is 23.0 Å². The van der Waals surface area contributed by atoms with Crippen LogP contribution in [0.3, 0.4) is 0 Å². The van der Waals surface area contributed by atoms with E-state index in [2.05, 4.69) is 20.8 Å². The molecule has 0 aromatic carbocycles. The molecular weight excluding hydrogens is 198 g/mol. The molecule has 3 N–H and O–H groups in total. The Morgan fingerprint density at radius 1 is 1.31 bits per heavy atom. The topological polar surface area (TPSA) is 46.2 Å². The van der Waals surface area contributed by atoms with Crippen LogP contribution in [-0.4, -0.2) is 17.8 Å². The Balaban J connectivity index is 2.57. The molecule has 0 aromatic rings. The highest BCUT2D eigenvalue weighted by molar-refractivity contribution is 4.93. The fourth-order valence-electron chi connectivity index (χ4n) is 3.28. The van der Waals surface area contributed by atoms with Crippen LogP contribution in [0.2, 0.25) is 0 Å². The average Bonchev–Trinajstić information content (AvgIpc) is 2.30. The van der Waals surface area contributed by atoms with Crippen molar-refractivity contribution in [1.29, 1.82) is 0 Å². The maximum Gasteiger partial charge on any atom is 0.0631 e. The summed E-state index contributed by atoms with van der Waals surface area (Å²) < 4.78 is 0. The Morgan fingerprint density at radius 2 is 1.88 bits per heavy atom. The van der Waals surface area contributed by atoms with Gasteiger partial charge in [0.2, 0.25) is 0 Å². The van der Waals surface area contributed by atoms with E-state index in [1.807, 2.05) is 0 Å². The van der Waals surface area contributed by atoms with Gasteiger partial charge in [-0.25, -0.2) is 0 Å². The molecule has 1 rings (SSSR count). The normalized spacial score (nSPS) is 33.0. The molecule has 0 radical (unpaired) electrons. The second-order valence-corrected chi connectivity index (χ2v) is 5.99. The van der Waals surface area contributed by atoms with Crippen molar-refractivity contribution in [1.82, 2.24) is 0 Å². The summed E-state index contributed by atoms with van der Waals surface area (Å²) in [5.74, 6) is 1.20. The van der Waals surface area contributed by atoms with Crippen LogP contribution in [-0.2, 0) is 0 Å². The Labute approximate surface area is 101 Å². The highest BCUT2D eigenvalue weighted by Crippen LogP contribution is 2.43. The van der Waals surface area contributed by atoms with Crippen LogP contribution >= 0.6 is 0 Å². The number of aliphatic hydroxyl groups excluding tert-OH is 1. The van der Waals surface area contributed by atoms with E-state index >= 15 is 0 Å². The second kappa shape index (κ2) is 6.02. The molecule has 1 atom stereocenters. The monoisotopic (exact) mass is 227 g/mol. The Hall–Kier alpha value is -0.0800. The van der Waals surface area contributed by atoms with Crippen molar-refractivity contribution in [2.75, 3.05) is 6.54 Å². The van der Waals surface area contributed by atoms with Gasteiger partial charge in [-0.1, -0.05) is 33.6 Å². The van der Waals surface area contributed by atoms with Crippen LogP contribution in [0, 0.1) is 17.3 Å². The molecule has 1 aliphatic carbocycles. The lowest BCUT2D eigenvalue weighted by molar-refractivity contribution is -0.0363. The minimum atomic E-state index is -0.222. The molecule has 0 amide bonds. The van der Waals surface area contributed by atoms with Gasteiger partial charge >= 0.3 is 0 Å². The summed E-state index contributed by atoms with van der Waals surface area (Å²) in [4.78, 5) is 0. The van der Waals surface area contributed by atoms with Gasteiger partial charge in [-0.3, -0.25) is 0 Å². The van der Waals surface area contributed by atoms with Gasteiger partial charge in [-0.15, -0.1) is 0 Å². The first-order valence-corrected chi connectivity index (χ1v) is 6.94. The lowest BCUT2D eigenvalue weighted by Crippen LogP contribution is -2.46. The van der Waals surface area contributed by atoms with Gasteiger partial charge in [0.25, 0.3) is 0 Å². The number of hydrogen-bond acceptors (Lipinski definition) is 2. The van der Waals surface area contributed by atoms with E-state index in [0.29, 0.717) is 12.5 Å². The predicted octanol–water partition coefficient (Wildman–Crippen LogP) is 2.94.